The Kier molecular flexibility index (Phi) is 5.06. The second-order valence-electron chi connectivity index (χ2n) is 4.25. The summed E-state index contributed by atoms with van der Waals surface area (Å²) in [7, 11) is -2.37. The Morgan fingerprint density at radius 3 is 2.33 bits per heavy atom. The molecule has 0 radical (unpaired) electrons. The Morgan fingerprint density at radius 2 is 1.71 bits per heavy atom. The molecule has 3 rings (SSSR count). The van der Waals surface area contributed by atoms with Crippen LogP contribution in [0.4, 0.5) is 0 Å². The highest BCUT2D eigenvalue weighted by molar-refractivity contribution is 7.86. The summed E-state index contributed by atoms with van der Waals surface area (Å²) in [4.78, 5) is 4.33. The average Bonchev–Trinajstić information content (AvgIpc) is 2.97. The molecule has 0 atom stereocenters. The summed E-state index contributed by atoms with van der Waals surface area (Å²) >= 11 is 1.68. The van der Waals surface area contributed by atoms with Gasteiger partial charge in [-0.2, -0.15) is 8.42 Å². The van der Waals surface area contributed by atoms with E-state index in [0.29, 0.717) is 0 Å². The van der Waals surface area contributed by atoms with Crippen LogP contribution >= 0.6 is 11.3 Å². The van der Waals surface area contributed by atoms with Crippen molar-refractivity contribution in [2.75, 3.05) is 7.11 Å². The van der Waals surface area contributed by atoms with E-state index in [4.69, 9.17) is 0 Å². The minimum absolute atomic E-state index is 0.190. The fraction of sp³-hybridized carbons (Fsp3) is 0.133. The SMILES string of the molecule is COS(=O)(=O)c1ccc(C)cc1.c1ccc2scnc2c1. The van der Waals surface area contributed by atoms with E-state index in [9.17, 15) is 8.42 Å². The Morgan fingerprint density at radius 1 is 1.05 bits per heavy atom. The zero-order chi connectivity index (χ0) is 15.3. The van der Waals surface area contributed by atoms with E-state index >= 15 is 0 Å². The zero-order valence-electron chi connectivity index (χ0n) is 11.7. The molecule has 1 heterocycles. The molecule has 0 aliphatic carbocycles. The first-order chi connectivity index (χ1) is 10.0. The highest BCUT2D eigenvalue weighted by Gasteiger charge is 2.11. The highest BCUT2D eigenvalue weighted by Crippen LogP contribution is 2.15. The van der Waals surface area contributed by atoms with Crippen molar-refractivity contribution in [3.8, 4) is 0 Å². The van der Waals surface area contributed by atoms with Gasteiger partial charge in [-0.25, -0.2) is 4.98 Å². The molecule has 0 unspecified atom stereocenters. The lowest BCUT2D eigenvalue weighted by Crippen LogP contribution is -2.02. The van der Waals surface area contributed by atoms with Crippen molar-refractivity contribution < 1.29 is 12.6 Å². The molecule has 4 nitrogen and oxygen atoms in total. The number of nitrogens with zero attached hydrogens (tertiary/aromatic N) is 1. The maximum atomic E-state index is 11.1. The smallest absolute Gasteiger partial charge is 0.270 e. The van der Waals surface area contributed by atoms with E-state index in [0.717, 1.165) is 18.2 Å². The number of para-hydroxylation sites is 1. The molecule has 0 aliphatic rings. The van der Waals surface area contributed by atoms with E-state index in [2.05, 4.69) is 15.2 Å². The lowest BCUT2D eigenvalue weighted by molar-refractivity contribution is 0.398. The summed E-state index contributed by atoms with van der Waals surface area (Å²) in [6.45, 7) is 1.89. The molecule has 110 valence electrons. The largest absolute Gasteiger partial charge is 0.296 e. The van der Waals surface area contributed by atoms with Gasteiger partial charge in [0.05, 0.1) is 27.7 Å². The molecule has 0 bridgehead atoms. The standard InChI is InChI=1S/C8H10O3S.C7H5NS/c1-7-3-5-8(6-4-7)12(9,10)11-2;1-2-4-7-6(3-1)8-5-9-7/h3-6H,1-2H3;1-5H. The first kappa shape index (κ1) is 15.6. The number of aromatic nitrogens is 1. The maximum Gasteiger partial charge on any atom is 0.296 e. The van der Waals surface area contributed by atoms with Crippen LogP contribution in [0.15, 0.2) is 58.9 Å². The van der Waals surface area contributed by atoms with Gasteiger partial charge in [-0.3, -0.25) is 4.18 Å². The van der Waals surface area contributed by atoms with Crippen molar-refractivity contribution in [3.05, 3.63) is 59.6 Å². The average molecular weight is 321 g/mol. The maximum absolute atomic E-state index is 11.1. The second-order valence-corrected chi connectivity index (χ2v) is 6.85. The van der Waals surface area contributed by atoms with Crippen molar-refractivity contribution in [2.24, 2.45) is 0 Å². The summed E-state index contributed by atoms with van der Waals surface area (Å²) in [5, 5.41) is 0. The van der Waals surface area contributed by atoms with Crippen LogP contribution < -0.4 is 0 Å². The highest BCUT2D eigenvalue weighted by atomic mass is 32.2. The minimum Gasteiger partial charge on any atom is -0.270 e. The van der Waals surface area contributed by atoms with Crippen molar-refractivity contribution >= 4 is 31.7 Å². The van der Waals surface area contributed by atoms with Gasteiger partial charge in [-0.1, -0.05) is 29.8 Å². The zero-order valence-corrected chi connectivity index (χ0v) is 13.3. The molecular weight excluding hydrogens is 306 g/mol. The van der Waals surface area contributed by atoms with Gasteiger partial charge >= 0.3 is 0 Å². The van der Waals surface area contributed by atoms with Crippen LogP contribution in [0.2, 0.25) is 0 Å². The predicted octanol–water partition coefficient (Wildman–Crippen LogP) is 3.63. The van der Waals surface area contributed by atoms with E-state index < -0.39 is 10.1 Å². The van der Waals surface area contributed by atoms with Crippen LogP contribution in [-0.2, 0) is 14.3 Å². The van der Waals surface area contributed by atoms with E-state index in [1.807, 2.05) is 30.6 Å². The number of fused-ring (bicyclic) bond motifs is 1. The Hall–Kier alpha value is -1.76. The second kappa shape index (κ2) is 6.80. The van der Waals surface area contributed by atoms with E-state index in [1.165, 1.54) is 16.8 Å². The molecule has 21 heavy (non-hydrogen) atoms. The van der Waals surface area contributed by atoms with Crippen molar-refractivity contribution in [2.45, 2.75) is 11.8 Å². The predicted molar refractivity (Wildman–Crippen MR) is 85.0 cm³/mol. The Bertz CT molecular complexity index is 778. The van der Waals surface area contributed by atoms with Crippen molar-refractivity contribution in [3.63, 3.8) is 0 Å². The number of hydrogen-bond donors (Lipinski definition) is 0. The van der Waals surface area contributed by atoms with Crippen LogP contribution in [0.25, 0.3) is 10.2 Å². The molecule has 2 aromatic carbocycles. The van der Waals surface area contributed by atoms with Crippen LogP contribution in [0, 0.1) is 6.92 Å². The first-order valence-corrected chi connectivity index (χ1v) is 8.47. The van der Waals surface area contributed by atoms with Gasteiger partial charge < -0.3 is 0 Å². The molecule has 6 heteroatoms. The van der Waals surface area contributed by atoms with E-state index in [1.54, 1.807) is 23.5 Å². The topological polar surface area (TPSA) is 56.3 Å². The van der Waals surface area contributed by atoms with Crippen LogP contribution in [-0.4, -0.2) is 20.5 Å². The van der Waals surface area contributed by atoms with Gasteiger partial charge in [-0.15, -0.1) is 11.3 Å². The first-order valence-electron chi connectivity index (χ1n) is 6.18. The van der Waals surface area contributed by atoms with E-state index in [-0.39, 0.29) is 4.90 Å². The molecule has 0 spiro atoms. The van der Waals surface area contributed by atoms with Gasteiger partial charge in [-0.05, 0) is 31.2 Å². The third-order valence-corrected chi connectivity index (χ3v) is 4.86. The van der Waals surface area contributed by atoms with Crippen LogP contribution in [0.3, 0.4) is 0 Å². The number of thiazole rings is 1. The quantitative estimate of drug-likeness (QED) is 0.676. The summed E-state index contributed by atoms with van der Waals surface area (Å²) in [6, 6.07) is 14.6. The molecule has 0 fully saturated rings. The van der Waals surface area contributed by atoms with Gasteiger partial charge in [0.2, 0.25) is 0 Å². The molecule has 0 saturated heterocycles. The fourth-order valence-electron chi connectivity index (χ4n) is 1.60. The Balaban J connectivity index is 0.000000159. The molecule has 0 amide bonds. The number of aryl methyl sites for hydroxylation is 1. The lowest BCUT2D eigenvalue weighted by atomic mass is 10.2. The molecule has 1 aromatic heterocycles. The molecule has 0 aliphatic heterocycles. The molecular formula is C15H15NO3S2. The number of rotatable bonds is 2. The monoisotopic (exact) mass is 321 g/mol. The van der Waals surface area contributed by atoms with Crippen molar-refractivity contribution in [1.29, 1.82) is 0 Å². The van der Waals surface area contributed by atoms with Gasteiger partial charge in [0, 0.05) is 0 Å². The minimum atomic E-state index is -3.51. The number of benzene rings is 2. The molecule has 3 aromatic rings. The number of hydrogen-bond acceptors (Lipinski definition) is 5. The van der Waals surface area contributed by atoms with Gasteiger partial charge in [0.15, 0.2) is 0 Å². The third kappa shape index (κ3) is 4.10. The summed E-state index contributed by atoms with van der Waals surface area (Å²) in [5.74, 6) is 0. The normalized spacial score (nSPS) is 11.0. The van der Waals surface area contributed by atoms with Gasteiger partial charge in [0.25, 0.3) is 10.1 Å². The summed E-state index contributed by atoms with van der Waals surface area (Å²) in [6.07, 6.45) is 0. The molecule has 0 N–H and O–H groups in total. The summed E-state index contributed by atoms with van der Waals surface area (Å²) in [5.41, 5.74) is 3.98. The fourth-order valence-corrected chi connectivity index (χ4v) is 2.94. The lowest BCUT2D eigenvalue weighted by Gasteiger charge is -2.00. The third-order valence-electron chi connectivity index (χ3n) is 2.77. The van der Waals surface area contributed by atoms with Crippen LogP contribution in [0.1, 0.15) is 5.56 Å². The summed E-state index contributed by atoms with van der Waals surface area (Å²) < 4.78 is 27.8. The van der Waals surface area contributed by atoms with Gasteiger partial charge in [0.1, 0.15) is 0 Å². The molecule has 0 saturated carbocycles. The Labute approximate surface area is 128 Å². The van der Waals surface area contributed by atoms with Crippen molar-refractivity contribution in [1.82, 2.24) is 4.98 Å². The van der Waals surface area contributed by atoms with Crippen LogP contribution in [0.5, 0.6) is 0 Å².